The molecule has 0 aliphatic carbocycles. The Morgan fingerprint density at radius 3 is 2.47 bits per heavy atom. The van der Waals surface area contributed by atoms with Gasteiger partial charge < -0.3 is 10.3 Å². The molecule has 1 aliphatic heterocycles. The molecule has 15 heavy (non-hydrogen) atoms. The quantitative estimate of drug-likeness (QED) is 0.793. The third kappa shape index (κ3) is 1.61. The molecule has 0 spiro atoms. The molecule has 2 N–H and O–H groups in total. The van der Waals surface area contributed by atoms with Crippen LogP contribution >= 0.6 is 0 Å². The topological polar surface area (TPSA) is 89.4 Å². The fourth-order valence-corrected chi connectivity index (χ4v) is 3.45. The van der Waals surface area contributed by atoms with Crippen LogP contribution in [0.2, 0.25) is 0 Å². The highest BCUT2D eigenvalue weighted by Gasteiger charge is 2.32. The lowest BCUT2D eigenvalue weighted by molar-refractivity contribution is 0.395. The van der Waals surface area contributed by atoms with Gasteiger partial charge in [-0.15, -0.1) is 0 Å². The monoisotopic (exact) mass is 231 g/mol. The highest BCUT2D eigenvalue weighted by atomic mass is 32.2. The first-order chi connectivity index (χ1) is 7.03. The minimum absolute atomic E-state index is 0.0180. The Morgan fingerprint density at radius 2 is 2.00 bits per heavy atom. The summed E-state index contributed by atoms with van der Waals surface area (Å²) in [6.45, 7) is 2.64. The Kier molecular flexibility index (Phi) is 2.43. The molecule has 0 saturated carbocycles. The van der Waals surface area contributed by atoms with E-state index in [1.807, 2.05) is 0 Å². The number of sulfonamides is 1. The number of nitrogens with two attached hydrogens (primary N) is 1. The zero-order valence-electron chi connectivity index (χ0n) is 8.43. The number of nitrogen functional groups attached to an aromatic ring is 1. The number of aromatic nitrogens is 1. The van der Waals surface area contributed by atoms with Gasteiger partial charge in [0.15, 0.2) is 16.5 Å². The van der Waals surface area contributed by atoms with Gasteiger partial charge in [0, 0.05) is 13.1 Å². The van der Waals surface area contributed by atoms with Crippen LogP contribution in [0.5, 0.6) is 0 Å². The lowest BCUT2D eigenvalue weighted by Crippen LogP contribution is -2.28. The Balaban J connectivity index is 2.45. The van der Waals surface area contributed by atoms with Crippen LogP contribution in [0.4, 0.5) is 5.82 Å². The standard InChI is InChI=1S/C8H13N3O3S/c1-6-7(8(9)10-14-6)15(12,13)11-4-2-3-5-11/h2-5H2,1H3,(H2,9,10). The molecule has 2 heterocycles. The minimum Gasteiger partial charge on any atom is -0.380 e. The van der Waals surface area contributed by atoms with Crippen molar-refractivity contribution in [2.45, 2.75) is 24.7 Å². The van der Waals surface area contributed by atoms with Gasteiger partial charge in [0.1, 0.15) is 0 Å². The lowest BCUT2D eigenvalue weighted by Gasteiger charge is -2.14. The van der Waals surface area contributed by atoms with Gasteiger partial charge in [-0.25, -0.2) is 8.42 Å². The summed E-state index contributed by atoms with van der Waals surface area (Å²) in [5.74, 6) is 0.193. The zero-order chi connectivity index (χ0) is 11.1. The molecule has 84 valence electrons. The van der Waals surface area contributed by atoms with E-state index in [1.54, 1.807) is 6.92 Å². The lowest BCUT2D eigenvalue weighted by atomic mass is 10.4. The molecule has 2 rings (SSSR count). The van der Waals surface area contributed by atoms with Crippen molar-refractivity contribution in [1.29, 1.82) is 0 Å². The van der Waals surface area contributed by atoms with E-state index in [2.05, 4.69) is 5.16 Å². The van der Waals surface area contributed by atoms with Gasteiger partial charge in [0.25, 0.3) is 0 Å². The molecule has 1 aromatic heterocycles. The molecule has 0 bridgehead atoms. The first kappa shape index (κ1) is 10.4. The highest BCUT2D eigenvalue weighted by molar-refractivity contribution is 7.89. The van der Waals surface area contributed by atoms with Crippen molar-refractivity contribution in [3.8, 4) is 0 Å². The number of anilines is 1. The minimum atomic E-state index is -3.50. The van der Waals surface area contributed by atoms with Crippen LogP contribution in [0, 0.1) is 6.92 Å². The van der Waals surface area contributed by atoms with E-state index >= 15 is 0 Å². The molecule has 1 saturated heterocycles. The van der Waals surface area contributed by atoms with Crippen LogP contribution in [0.3, 0.4) is 0 Å². The van der Waals surface area contributed by atoms with Crippen molar-refractivity contribution in [3.63, 3.8) is 0 Å². The average molecular weight is 231 g/mol. The fraction of sp³-hybridized carbons (Fsp3) is 0.625. The summed E-state index contributed by atoms with van der Waals surface area (Å²) in [6, 6.07) is 0. The van der Waals surface area contributed by atoms with Gasteiger partial charge in [0.05, 0.1) is 0 Å². The summed E-state index contributed by atoms with van der Waals surface area (Å²) < 4.78 is 30.3. The smallest absolute Gasteiger partial charge is 0.250 e. The first-order valence-corrected chi connectivity index (χ1v) is 6.19. The van der Waals surface area contributed by atoms with E-state index in [0.717, 1.165) is 12.8 Å². The Labute approximate surface area is 88.1 Å². The van der Waals surface area contributed by atoms with Crippen molar-refractivity contribution >= 4 is 15.8 Å². The predicted octanol–water partition coefficient (Wildman–Crippen LogP) is 0.350. The number of nitrogens with zero attached hydrogens (tertiary/aromatic N) is 2. The molecule has 1 aromatic rings. The molecular weight excluding hydrogens is 218 g/mol. The maximum Gasteiger partial charge on any atom is 0.250 e. The Bertz CT molecular complexity index is 440. The van der Waals surface area contributed by atoms with E-state index in [9.17, 15) is 8.42 Å². The van der Waals surface area contributed by atoms with Crippen molar-refractivity contribution in [3.05, 3.63) is 5.76 Å². The summed E-state index contributed by atoms with van der Waals surface area (Å²) in [7, 11) is -3.50. The van der Waals surface area contributed by atoms with Gasteiger partial charge >= 0.3 is 0 Å². The molecule has 6 nitrogen and oxygen atoms in total. The van der Waals surface area contributed by atoms with Gasteiger partial charge in [0.2, 0.25) is 10.0 Å². The number of rotatable bonds is 2. The summed E-state index contributed by atoms with van der Waals surface area (Å²) in [6.07, 6.45) is 1.78. The molecular formula is C8H13N3O3S. The average Bonchev–Trinajstić information content (AvgIpc) is 2.75. The van der Waals surface area contributed by atoms with Crippen LogP contribution in [0.15, 0.2) is 9.42 Å². The molecule has 0 unspecified atom stereocenters. The van der Waals surface area contributed by atoms with Crippen LogP contribution < -0.4 is 5.73 Å². The van der Waals surface area contributed by atoms with Crippen molar-refractivity contribution in [1.82, 2.24) is 9.46 Å². The van der Waals surface area contributed by atoms with E-state index in [-0.39, 0.29) is 16.5 Å². The Hall–Kier alpha value is -1.08. The predicted molar refractivity (Wildman–Crippen MR) is 53.6 cm³/mol. The maximum atomic E-state index is 12.1. The van der Waals surface area contributed by atoms with Crippen LogP contribution in [0.1, 0.15) is 18.6 Å². The summed E-state index contributed by atoms with van der Waals surface area (Å²) in [5.41, 5.74) is 5.48. The number of hydrogen-bond acceptors (Lipinski definition) is 5. The van der Waals surface area contributed by atoms with Crippen molar-refractivity contribution in [2.75, 3.05) is 18.8 Å². The van der Waals surface area contributed by atoms with E-state index in [1.165, 1.54) is 4.31 Å². The van der Waals surface area contributed by atoms with Crippen molar-refractivity contribution < 1.29 is 12.9 Å². The first-order valence-electron chi connectivity index (χ1n) is 4.75. The van der Waals surface area contributed by atoms with Crippen LogP contribution in [-0.2, 0) is 10.0 Å². The second kappa shape index (κ2) is 3.49. The van der Waals surface area contributed by atoms with Crippen molar-refractivity contribution in [2.24, 2.45) is 0 Å². The fourth-order valence-electron chi connectivity index (χ4n) is 1.75. The highest BCUT2D eigenvalue weighted by Crippen LogP contribution is 2.27. The molecule has 0 radical (unpaired) electrons. The molecule has 1 aliphatic rings. The number of hydrogen-bond donors (Lipinski definition) is 1. The van der Waals surface area contributed by atoms with E-state index in [0.29, 0.717) is 13.1 Å². The summed E-state index contributed by atoms with van der Waals surface area (Å²) >= 11 is 0. The SMILES string of the molecule is Cc1onc(N)c1S(=O)(=O)N1CCCC1. The molecule has 1 fully saturated rings. The largest absolute Gasteiger partial charge is 0.380 e. The molecule has 0 atom stereocenters. The Morgan fingerprint density at radius 1 is 1.40 bits per heavy atom. The van der Waals surface area contributed by atoms with Gasteiger partial charge in [-0.05, 0) is 19.8 Å². The maximum absolute atomic E-state index is 12.1. The normalized spacial score (nSPS) is 18.5. The van der Waals surface area contributed by atoms with Gasteiger partial charge in [-0.1, -0.05) is 5.16 Å². The third-order valence-electron chi connectivity index (χ3n) is 2.50. The zero-order valence-corrected chi connectivity index (χ0v) is 9.25. The second-order valence-electron chi connectivity index (χ2n) is 3.56. The second-order valence-corrected chi connectivity index (χ2v) is 5.44. The van der Waals surface area contributed by atoms with Gasteiger partial charge in [-0.3, -0.25) is 0 Å². The molecule has 7 heteroatoms. The van der Waals surface area contributed by atoms with Gasteiger partial charge in [-0.2, -0.15) is 4.31 Å². The van der Waals surface area contributed by atoms with Crippen LogP contribution in [0.25, 0.3) is 0 Å². The summed E-state index contributed by atoms with van der Waals surface area (Å²) in [4.78, 5) is 0.0180. The third-order valence-corrected chi connectivity index (χ3v) is 4.55. The summed E-state index contributed by atoms with van der Waals surface area (Å²) in [5, 5.41) is 3.45. The molecule has 0 aromatic carbocycles. The van der Waals surface area contributed by atoms with E-state index < -0.39 is 10.0 Å². The number of aryl methyl sites for hydroxylation is 1. The molecule has 0 amide bonds. The van der Waals surface area contributed by atoms with E-state index in [4.69, 9.17) is 10.3 Å². The van der Waals surface area contributed by atoms with Crippen LogP contribution in [-0.4, -0.2) is 31.0 Å².